The second kappa shape index (κ2) is 12.3. The summed E-state index contributed by atoms with van der Waals surface area (Å²) in [7, 11) is 0. The molecule has 5 nitrogen and oxygen atoms in total. The molecule has 0 unspecified atom stereocenters. The standard InChI is InChI=1S/C21H24Cl2N2O3/c1-2-3-12-27-18-9-6-16(7-10-18)15-24-25-21(26)5-4-13-28-20-11-8-17(22)14-19(20)23/h6-11,14-15H,2-5,12-13H2,1H3,(H,25,26)/b24-15-. The number of unbranched alkanes of at least 4 members (excludes halogenated alkanes) is 1. The average Bonchev–Trinajstić information content (AvgIpc) is 2.68. The summed E-state index contributed by atoms with van der Waals surface area (Å²) in [5.41, 5.74) is 3.38. The summed E-state index contributed by atoms with van der Waals surface area (Å²) in [6.45, 7) is 3.21. The van der Waals surface area contributed by atoms with Crippen molar-refractivity contribution in [2.45, 2.75) is 32.6 Å². The first-order chi connectivity index (χ1) is 13.6. The Hall–Kier alpha value is -2.24. The molecule has 28 heavy (non-hydrogen) atoms. The van der Waals surface area contributed by atoms with Crippen LogP contribution in [0, 0.1) is 0 Å². The van der Waals surface area contributed by atoms with E-state index in [1.165, 1.54) is 0 Å². The van der Waals surface area contributed by atoms with Crippen molar-refractivity contribution >= 4 is 35.3 Å². The maximum absolute atomic E-state index is 11.8. The number of halogens is 2. The van der Waals surface area contributed by atoms with Gasteiger partial charge in [0.05, 0.1) is 24.5 Å². The third-order valence-electron chi connectivity index (χ3n) is 3.75. The van der Waals surface area contributed by atoms with Crippen LogP contribution in [-0.2, 0) is 4.79 Å². The van der Waals surface area contributed by atoms with Gasteiger partial charge in [-0.05, 0) is 60.9 Å². The summed E-state index contributed by atoms with van der Waals surface area (Å²) < 4.78 is 11.1. The molecular weight excluding hydrogens is 399 g/mol. The van der Waals surface area contributed by atoms with E-state index in [4.69, 9.17) is 32.7 Å². The first kappa shape index (κ1) is 22.1. The van der Waals surface area contributed by atoms with Crippen molar-refractivity contribution < 1.29 is 14.3 Å². The monoisotopic (exact) mass is 422 g/mol. The highest BCUT2D eigenvalue weighted by molar-refractivity contribution is 6.35. The highest BCUT2D eigenvalue weighted by Gasteiger charge is 2.04. The minimum Gasteiger partial charge on any atom is -0.494 e. The number of hydrogen-bond acceptors (Lipinski definition) is 4. The van der Waals surface area contributed by atoms with E-state index in [-0.39, 0.29) is 5.91 Å². The Morgan fingerprint density at radius 1 is 1.07 bits per heavy atom. The summed E-state index contributed by atoms with van der Waals surface area (Å²) in [5.74, 6) is 1.20. The van der Waals surface area contributed by atoms with Crippen LogP contribution in [0.2, 0.25) is 10.0 Å². The quantitative estimate of drug-likeness (QED) is 0.296. The van der Waals surface area contributed by atoms with Crippen molar-refractivity contribution in [1.82, 2.24) is 5.43 Å². The normalized spacial score (nSPS) is 10.8. The van der Waals surface area contributed by atoms with Crippen molar-refractivity contribution in [3.63, 3.8) is 0 Å². The number of hydrogen-bond donors (Lipinski definition) is 1. The fraction of sp³-hybridized carbons (Fsp3) is 0.333. The van der Waals surface area contributed by atoms with E-state index < -0.39 is 0 Å². The van der Waals surface area contributed by atoms with Crippen LogP contribution < -0.4 is 14.9 Å². The predicted molar refractivity (Wildman–Crippen MR) is 114 cm³/mol. The Labute approximate surface area is 175 Å². The van der Waals surface area contributed by atoms with E-state index in [1.54, 1.807) is 24.4 Å². The zero-order valence-corrected chi connectivity index (χ0v) is 17.3. The van der Waals surface area contributed by atoms with E-state index in [2.05, 4.69) is 17.5 Å². The number of carbonyl (C=O) groups is 1. The van der Waals surface area contributed by atoms with E-state index >= 15 is 0 Å². The fourth-order valence-corrected chi connectivity index (χ4v) is 2.69. The Morgan fingerprint density at radius 2 is 1.82 bits per heavy atom. The number of amides is 1. The molecular formula is C21H24Cl2N2O3. The van der Waals surface area contributed by atoms with Gasteiger partial charge in [0.2, 0.25) is 5.91 Å². The molecule has 0 fully saturated rings. The highest BCUT2D eigenvalue weighted by atomic mass is 35.5. The van der Waals surface area contributed by atoms with Gasteiger partial charge in [-0.2, -0.15) is 5.10 Å². The molecule has 0 aliphatic carbocycles. The van der Waals surface area contributed by atoms with E-state index in [1.807, 2.05) is 24.3 Å². The third kappa shape index (κ3) is 8.19. The van der Waals surface area contributed by atoms with Crippen molar-refractivity contribution in [3.05, 3.63) is 58.1 Å². The van der Waals surface area contributed by atoms with Crippen molar-refractivity contribution in [3.8, 4) is 11.5 Å². The molecule has 0 heterocycles. The number of ether oxygens (including phenoxy) is 2. The zero-order valence-electron chi connectivity index (χ0n) is 15.8. The summed E-state index contributed by atoms with van der Waals surface area (Å²) in [6.07, 6.45) is 4.58. The lowest BCUT2D eigenvalue weighted by molar-refractivity contribution is -0.121. The molecule has 0 aromatic heterocycles. The van der Waals surface area contributed by atoms with Crippen LogP contribution in [0.4, 0.5) is 0 Å². The van der Waals surface area contributed by atoms with Gasteiger partial charge in [0.15, 0.2) is 0 Å². The molecule has 2 aromatic carbocycles. The predicted octanol–water partition coefficient (Wildman–Crippen LogP) is 5.48. The number of carbonyl (C=O) groups excluding carboxylic acids is 1. The lowest BCUT2D eigenvalue weighted by Crippen LogP contribution is -2.18. The Morgan fingerprint density at radius 3 is 2.54 bits per heavy atom. The molecule has 2 rings (SSSR count). The van der Waals surface area contributed by atoms with E-state index in [0.717, 1.165) is 24.2 Å². The van der Waals surface area contributed by atoms with Gasteiger partial charge >= 0.3 is 0 Å². The van der Waals surface area contributed by atoms with Crippen molar-refractivity contribution in [2.24, 2.45) is 5.10 Å². The smallest absolute Gasteiger partial charge is 0.240 e. The van der Waals surface area contributed by atoms with Gasteiger partial charge in [-0.15, -0.1) is 0 Å². The minimum atomic E-state index is -0.179. The SMILES string of the molecule is CCCCOc1ccc(/C=N\NC(=O)CCCOc2ccc(Cl)cc2Cl)cc1. The molecule has 0 aliphatic heterocycles. The molecule has 1 amide bonds. The maximum Gasteiger partial charge on any atom is 0.240 e. The van der Waals surface area contributed by atoms with Gasteiger partial charge in [0.25, 0.3) is 0 Å². The number of rotatable bonds is 11. The molecule has 1 N–H and O–H groups in total. The van der Waals surface area contributed by atoms with Crippen LogP contribution in [0.1, 0.15) is 38.2 Å². The second-order valence-electron chi connectivity index (χ2n) is 6.09. The summed E-state index contributed by atoms with van der Waals surface area (Å²) >= 11 is 11.9. The topological polar surface area (TPSA) is 59.9 Å². The Balaban J connectivity index is 1.64. The molecule has 0 bridgehead atoms. The first-order valence-electron chi connectivity index (χ1n) is 9.21. The Bertz CT molecular complexity index is 780. The number of nitrogens with zero attached hydrogens (tertiary/aromatic N) is 1. The largest absolute Gasteiger partial charge is 0.494 e. The van der Waals surface area contributed by atoms with E-state index in [0.29, 0.717) is 41.9 Å². The molecule has 0 atom stereocenters. The van der Waals surface area contributed by atoms with Gasteiger partial charge in [-0.25, -0.2) is 5.43 Å². The van der Waals surface area contributed by atoms with Gasteiger partial charge < -0.3 is 9.47 Å². The summed E-state index contributed by atoms with van der Waals surface area (Å²) in [5, 5.41) is 4.96. The lowest BCUT2D eigenvalue weighted by Gasteiger charge is -2.07. The van der Waals surface area contributed by atoms with Crippen LogP contribution in [0.25, 0.3) is 0 Å². The summed E-state index contributed by atoms with van der Waals surface area (Å²) in [4.78, 5) is 11.8. The molecule has 0 saturated carbocycles. The second-order valence-corrected chi connectivity index (χ2v) is 6.93. The van der Waals surface area contributed by atoms with Crippen molar-refractivity contribution in [2.75, 3.05) is 13.2 Å². The van der Waals surface area contributed by atoms with Crippen LogP contribution >= 0.6 is 23.2 Å². The van der Waals surface area contributed by atoms with Gasteiger partial charge in [0, 0.05) is 11.4 Å². The minimum absolute atomic E-state index is 0.179. The molecule has 0 spiro atoms. The molecule has 0 aliphatic rings. The number of benzene rings is 2. The molecule has 150 valence electrons. The van der Waals surface area contributed by atoms with Crippen LogP contribution in [-0.4, -0.2) is 25.3 Å². The molecule has 7 heteroatoms. The molecule has 0 radical (unpaired) electrons. The third-order valence-corrected chi connectivity index (χ3v) is 4.28. The maximum atomic E-state index is 11.8. The number of nitrogens with one attached hydrogen (secondary N) is 1. The van der Waals surface area contributed by atoms with E-state index in [9.17, 15) is 4.79 Å². The first-order valence-corrected chi connectivity index (χ1v) is 9.96. The molecule has 2 aromatic rings. The Kier molecular flexibility index (Phi) is 9.66. The fourth-order valence-electron chi connectivity index (χ4n) is 2.23. The van der Waals surface area contributed by atoms with Crippen molar-refractivity contribution in [1.29, 1.82) is 0 Å². The van der Waals surface area contributed by atoms with Crippen LogP contribution in [0.15, 0.2) is 47.6 Å². The molecule has 0 saturated heterocycles. The van der Waals surface area contributed by atoms with Crippen LogP contribution in [0.3, 0.4) is 0 Å². The number of hydrazone groups is 1. The average molecular weight is 423 g/mol. The lowest BCUT2D eigenvalue weighted by atomic mass is 10.2. The van der Waals surface area contributed by atoms with Crippen LogP contribution in [0.5, 0.6) is 11.5 Å². The van der Waals surface area contributed by atoms with Gasteiger partial charge in [0.1, 0.15) is 11.5 Å². The summed E-state index contributed by atoms with van der Waals surface area (Å²) in [6, 6.07) is 12.6. The van der Waals surface area contributed by atoms with Gasteiger partial charge in [-0.1, -0.05) is 36.5 Å². The highest BCUT2D eigenvalue weighted by Crippen LogP contribution is 2.27. The zero-order chi connectivity index (χ0) is 20.2. The van der Waals surface area contributed by atoms with Gasteiger partial charge in [-0.3, -0.25) is 4.79 Å².